The van der Waals surface area contributed by atoms with Crippen molar-refractivity contribution in [3.8, 4) is 11.5 Å². The standard InChI is InChI=1S/C25H26Cl2O5/c1-16-7-5-10-18(28)9-4-2-3-8-17-13-19(14-23(29)24(17)25(30)32-16)31-15-20-21(26)11-6-12-22(20)27/h3,6,8,11-14,16,29H,2,4-5,7,9-10,15H2,1H3/b8-3+/t16-/m0/s1. The third kappa shape index (κ3) is 6.50. The number of ether oxygens (including phenoxy) is 2. The Hall–Kier alpha value is -2.50. The molecule has 5 nitrogen and oxygen atoms in total. The number of halogens is 2. The van der Waals surface area contributed by atoms with Crippen molar-refractivity contribution in [3.63, 3.8) is 0 Å². The molecule has 1 atom stereocenters. The number of phenols is 1. The first-order valence-electron chi connectivity index (χ1n) is 10.7. The summed E-state index contributed by atoms with van der Waals surface area (Å²) < 4.78 is 11.3. The van der Waals surface area contributed by atoms with Gasteiger partial charge in [0.05, 0.1) is 6.10 Å². The predicted octanol–water partition coefficient (Wildman–Crippen LogP) is 6.76. The van der Waals surface area contributed by atoms with Crippen LogP contribution >= 0.6 is 23.2 Å². The van der Waals surface area contributed by atoms with Crippen LogP contribution in [0.15, 0.2) is 36.4 Å². The second kappa shape index (κ2) is 11.4. The van der Waals surface area contributed by atoms with E-state index in [4.69, 9.17) is 32.7 Å². The van der Waals surface area contributed by atoms with Gasteiger partial charge in [-0.15, -0.1) is 0 Å². The first kappa shape index (κ1) is 24.1. The fraction of sp³-hybridized carbons (Fsp3) is 0.360. The van der Waals surface area contributed by atoms with Gasteiger partial charge >= 0.3 is 5.97 Å². The lowest BCUT2D eigenvalue weighted by Crippen LogP contribution is -2.17. The highest BCUT2D eigenvalue weighted by atomic mass is 35.5. The summed E-state index contributed by atoms with van der Waals surface area (Å²) in [5, 5.41) is 11.6. The van der Waals surface area contributed by atoms with Gasteiger partial charge in [-0.1, -0.05) is 41.4 Å². The van der Waals surface area contributed by atoms with Gasteiger partial charge in [0.15, 0.2) is 0 Å². The minimum absolute atomic E-state index is 0.0874. The molecule has 0 unspecified atom stereocenters. The maximum atomic E-state index is 12.8. The summed E-state index contributed by atoms with van der Waals surface area (Å²) in [5.74, 6) is -0.259. The van der Waals surface area contributed by atoms with E-state index in [0.717, 1.165) is 6.42 Å². The Bertz CT molecular complexity index is 995. The van der Waals surface area contributed by atoms with E-state index in [9.17, 15) is 14.7 Å². The van der Waals surface area contributed by atoms with Crippen molar-refractivity contribution in [1.82, 2.24) is 0 Å². The molecule has 0 fully saturated rings. The van der Waals surface area contributed by atoms with E-state index in [0.29, 0.717) is 59.0 Å². The predicted molar refractivity (Wildman–Crippen MR) is 126 cm³/mol. The van der Waals surface area contributed by atoms with Crippen molar-refractivity contribution >= 4 is 41.0 Å². The Morgan fingerprint density at radius 1 is 1.12 bits per heavy atom. The lowest BCUT2D eigenvalue weighted by atomic mass is 10.0. The number of carbonyl (C=O) groups excluding carboxylic acids is 2. The van der Waals surface area contributed by atoms with Crippen LogP contribution in [0.3, 0.4) is 0 Å². The first-order chi connectivity index (χ1) is 15.3. The van der Waals surface area contributed by atoms with Gasteiger partial charge in [0.25, 0.3) is 0 Å². The summed E-state index contributed by atoms with van der Waals surface area (Å²) in [4.78, 5) is 24.7. The largest absolute Gasteiger partial charge is 0.507 e. The molecule has 0 aliphatic carbocycles. The van der Waals surface area contributed by atoms with Gasteiger partial charge in [0, 0.05) is 34.5 Å². The molecular weight excluding hydrogens is 451 g/mol. The summed E-state index contributed by atoms with van der Waals surface area (Å²) in [6, 6.07) is 8.23. The van der Waals surface area contributed by atoms with Gasteiger partial charge in [-0.2, -0.15) is 0 Å². The maximum Gasteiger partial charge on any atom is 0.342 e. The number of Topliss-reactive ketones (excluding diaryl/α,β-unsaturated/α-hetero) is 1. The van der Waals surface area contributed by atoms with Crippen LogP contribution in [0.2, 0.25) is 10.0 Å². The van der Waals surface area contributed by atoms with E-state index in [1.54, 1.807) is 37.3 Å². The van der Waals surface area contributed by atoms with E-state index in [1.165, 1.54) is 6.07 Å². The normalized spacial score (nSPS) is 18.9. The molecule has 32 heavy (non-hydrogen) atoms. The van der Waals surface area contributed by atoms with E-state index >= 15 is 0 Å². The molecule has 0 aromatic heterocycles. The van der Waals surface area contributed by atoms with Crippen LogP contribution in [0.1, 0.15) is 66.9 Å². The number of hydrogen-bond donors (Lipinski definition) is 1. The Kier molecular flexibility index (Phi) is 8.60. The van der Waals surface area contributed by atoms with Crippen LogP contribution in [-0.2, 0) is 16.1 Å². The molecule has 1 heterocycles. The van der Waals surface area contributed by atoms with E-state index < -0.39 is 5.97 Å². The number of cyclic esters (lactones) is 1. The average Bonchev–Trinajstić information content (AvgIpc) is 2.72. The maximum absolute atomic E-state index is 12.8. The van der Waals surface area contributed by atoms with Gasteiger partial charge in [-0.05, 0) is 56.4 Å². The average molecular weight is 477 g/mol. The highest BCUT2D eigenvalue weighted by molar-refractivity contribution is 6.35. The van der Waals surface area contributed by atoms with Crippen LogP contribution in [-0.4, -0.2) is 23.0 Å². The summed E-state index contributed by atoms with van der Waals surface area (Å²) in [6.07, 6.45) is 6.93. The zero-order valence-electron chi connectivity index (χ0n) is 17.9. The second-order valence-corrected chi connectivity index (χ2v) is 8.65. The molecule has 0 spiro atoms. The van der Waals surface area contributed by atoms with Crippen molar-refractivity contribution in [2.75, 3.05) is 0 Å². The molecule has 0 bridgehead atoms. The number of ketones is 1. The van der Waals surface area contributed by atoms with Crippen molar-refractivity contribution in [2.45, 2.75) is 58.2 Å². The van der Waals surface area contributed by atoms with Crippen molar-refractivity contribution in [3.05, 3.63) is 63.1 Å². The van der Waals surface area contributed by atoms with Crippen molar-refractivity contribution in [1.29, 1.82) is 0 Å². The fourth-order valence-electron chi connectivity index (χ4n) is 3.52. The number of phenolic OH excluding ortho intramolecular Hbond substituents is 1. The Morgan fingerprint density at radius 3 is 2.59 bits per heavy atom. The van der Waals surface area contributed by atoms with Gasteiger partial charge < -0.3 is 14.6 Å². The molecule has 0 saturated carbocycles. The number of hydrogen-bond acceptors (Lipinski definition) is 5. The number of allylic oxidation sites excluding steroid dienone is 1. The minimum atomic E-state index is -0.612. The highest BCUT2D eigenvalue weighted by Crippen LogP contribution is 2.32. The van der Waals surface area contributed by atoms with Crippen molar-refractivity contribution < 1.29 is 24.2 Å². The SMILES string of the molecule is C[C@H]1CCCC(=O)CCC/C=C/c2cc(OCc3c(Cl)cccc3Cl)cc(O)c2C(=O)O1. The molecule has 170 valence electrons. The monoisotopic (exact) mass is 476 g/mol. The molecule has 0 radical (unpaired) electrons. The van der Waals surface area contributed by atoms with E-state index in [2.05, 4.69) is 0 Å². The van der Waals surface area contributed by atoms with Gasteiger partial charge in [-0.25, -0.2) is 4.79 Å². The lowest BCUT2D eigenvalue weighted by molar-refractivity contribution is -0.119. The smallest absolute Gasteiger partial charge is 0.342 e. The molecule has 1 aliphatic rings. The quantitative estimate of drug-likeness (QED) is 0.495. The molecule has 1 N–H and O–H groups in total. The second-order valence-electron chi connectivity index (χ2n) is 7.84. The molecule has 7 heteroatoms. The number of carbonyl (C=O) groups is 2. The van der Waals surface area contributed by atoms with Crippen LogP contribution in [0.25, 0.3) is 6.08 Å². The highest BCUT2D eigenvalue weighted by Gasteiger charge is 2.21. The van der Waals surface area contributed by atoms with Crippen molar-refractivity contribution in [2.24, 2.45) is 0 Å². The molecule has 3 rings (SSSR count). The zero-order chi connectivity index (χ0) is 23.1. The molecule has 1 aliphatic heterocycles. The third-order valence-electron chi connectivity index (χ3n) is 5.27. The van der Waals surface area contributed by atoms with Gasteiger partial charge in [0.2, 0.25) is 0 Å². The van der Waals surface area contributed by atoms with E-state index in [-0.39, 0.29) is 29.8 Å². The molecule has 0 amide bonds. The van der Waals surface area contributed by atoms with E-state index in [1.807, 2.05) is 6.08 Å². The topological polar surface area (TPSA) is 72.8 Å². The molecular formula is C25H26Cl2O5. The Labute approximate surface area is 197 Å². The number of rotatable bonds is 3. The minimum Gasteiger partial charge on any atom is -0.507 e. The summed E-state index contributed by atoms with van der Waals surface area (Å²) >= 11 is 12.4. The summed E-state index contributed by atoms with van der Waals surface area (Å²) in [6.45, 7) is 1.88. The number of fused-ring (bicyclic) bond motifs is 1. The lowest BCUT2D eigenvalue weighted by Gasteiger charge is -2.17. The number of esters is 1. The first-order valence-corrected chi connectivity index (χ1v) is 11.4. The Balaban J connectivity index is 1.88. The van der Waals surface area contributed by atoms with Crippen LogP contribution < -0.4 is 4.74 Å². The number of benzene rings is 2. The molecule has 0 saturated heterocycles. The molecule has 2 aromatic carbocycles. The Morgan fingerprint density at radius 2 is 1.84 bits per heavy atom. The number of aromatic hydroxyl groups is 1. The summed E-state index contributed by atoms with van der Waals surface area (Å²) in [5.41, 5.74) is 1.19. The van der Waals surface area contributed by atoms with Crippen LogP contribution in [0.4, 0.5) is 0 Å². The molecule has 2 aromatic rings. The fourth-order valence-corrected chi connectivity index (χ4v) is 4.03. The third-order valence-corrected chi connectivity index (χ3v) is 5.98. The zero-order valence-corrected chi connectivity index (χ0v) is 19.4. The van der Waals surface area contributed by atoms with Crippen LogP contribution in [0, 0.1) is 0 Å². The van der Waals surface area contributed by atoms with Crippen LogP contribution in [0.5, 0.6) is 11.5 Å². The van der Waals surface area contributed by atoms with Gasteiger partial charge in [0.1, 0.15) is 29.5 Å². The van der Waals surface area contributed by atoms with Gasteiger partial charge in [-0.3, -0.25) is 4.79 Å². The summed E-state index contributed by atoms with van der Waals surface area (Å²) in [7, 11) is 0.